The zero-order valence-corrected chi connectivity index (χ0v) is 13.5. The van der Waals surface area contributed by atoms with Crippen LogP contribution in [0.1, 0.15) is 32.0 Å². The number of pyridine rings is 1. The molecule has 0 amide bonds. The molecule has 1 aromatic rings. The lowest BCUT2D eigenvalue weighted by molar-refractivity contribution is 0.402. The molecule has 1 heterocycles. The summed E-state index contributed by atoms with van der Waals surface area (Å²) in [5, 5.41) is 0.522. The maximum Gasteiger partial charge on any atom is 0.144 e. The van der Waals surface area contributed by atoms with Crippen molar-refractivity contribution in [1.82, 2.24) is 9.88 Å². The predicted molar refractivity (Wildman–Crippen MR) is 82.1 cm³/mol. The highest BCUT2D eigenvalue weighted by Crippen LogP contribution is 2.18. The fourth-order valence-electron chi connectivity index (χ4n) is 1.29. The first kappa shape index (κ1) is 16.4. The number of hydrogen-bond acceptors (Lipinski definition) is 4. The van der Waals surface area contributed by atoms with Gasteiger partial charge < -0.3 is 9.45 Å². The molecule has 0 bridgehead atoms. The van der Waals surface area contributed by atoms with Crippen LogP contribution in [0.4, 0.5) is 0 Å². The smallest absolute Gasteiger partial charge is 0.144 e. The first-order chi connectivity index (χ1) is 8.70. The van der Waals surface area contributed by atoms with Gasteiger partial charge in [-0.1, -0.05) is 16.0 Å². The molecule has 1 rings (SSSR count). The van der Waals surface area contributed by atoms with Gasteiger partial charge in [0.25, 0.3) is 0 Å². The molecule has 0 aliphatic carbocycles. The number of halogens is 1. The molecule has 0 radical (unpaired) electrons. The molecule has 19 heavy (non-hydrogen) atoms. The summed E-state index contributed by atoms with van der Waals surface area (Å²) in [7, 11) is 3.96. The van der Waals surface area contributed by atoms with Crippen LogP contribution in [-0.2, 0) is 17.9 Å². The van der Waals surface area contributed by atoms with Crippen LogP contribution < -0.4 is 0 Å². The van der Waals surface area contributed by atoms with Crippen molar-refractivity contribution >= 4 is 29.2 Å². The van der Waals surface area contributed by atoms with Gasteiger partial charge in [0.05, 0.1) is 5.02 Å². The van der Waals surface area contributed by atoms with Gasteiger partial charge in [0.15, 0.2) is 0 Å². The summed E-state index contributed by atoms with van der Waals surface area (Å²) in [6.45, 7) is 6.39. The molecule has 0 aliphatic rings. The minimum absolute atomic E-state index is 0.381. The van der Waals surface area contributed by atoms with E-state index >= 15 is 0 Å². The number of nitrogens with zero attached hydrogens (tertiary/aromatic N) is 3. The van der Waals surface area contributed by atoms with E-state index in [9.17, 15) is 4.55 Å². The summed E-state index contributed by atoms with van der Waals surface area (Å²) >= 11 is 4.84. The van der Waals surface area contributed by atoms with Gasteiger partial charge in [-0.3, -0.25) is 4.98 Å². The average Bonchev–Trinajstić information content (AvgIpc) is 2.25. The standard InChI is InChI=1S/C13H20ClN3OS/c1-13(2,3)19(18)16-8-12-11(14)6-10(7-15-12)9-17(4)5/h6-8H,9H2,1-5H3. The van der Waals surface area contributed by atoms with E-state index < -0.39 is 11.4 Å². The Morgan fingerprint density at radius 3 is 2.58 bits per heavy atom. The minimum atomic E-state index is -1.30. The molecular formula is C13H20ClN3OS. The molecule has 1 unspecified atom stereocenters. The normalized spacial score (nSPS) is 14.3. The van der Waals surface area contributed by atoms with Crippen molar-refractivity contribution in [2.24, 2.45) is 4.40 Å². The summed E-state index contributed by atoms with van der Waals surface area (Å²) in [6, 6.07) is 1.86. The largest absolute Gasteiger partial charge is 0.591 e. The topological polar surface area (TPSA) is 51.5 Å². The van der Waals surface area contributed by atoms with Crippen LogP contribution in [0.25, 0.3) is 0 Å². The first-order valence-corrected chi connectivity index (χ1v) is 7.44. The fraction of sp³-hybridized carbons (Fsp3) is 0.538. The van der Waals surface area contributed by atoms with Crippen molar-refractivity contribution in [3.8, 4) is 0 Å². The average molecular weight is 302 g/mol. The van der Waals surface area contributed by atoms with Crippen molar-refractivity contribution in [3.63, 3.8) is 0 Å². The van der Waals surface area contributed by atoms with E-state index in [-0.39, 0.29) is 4.75 Å². The quantitative estimate of drug-likeness (QED) is 0.634. The maximum atomic E-state index is 11.8. The van der Waals surface area contributed by atoms with E-state index in [1.165, 1.54) is 6.21 Å². The molecule has 1 aromatic heterocycles. The number of aromatic nitrogens is 1. The molecule has 0 N–H and O–H groups in total. The highest BCUT2D eigenvalue weighted by molar-refractivity contribution is 7.91. The van der Waals surface area contributed by atoms with Gasteiger partial charge in [0.1, 0.15) is 28.0 Å². The Morgan fingerprint density at radius 1 is 1.47 bits per heavy atom. The Kier molecular flexibility index (Phi) is 5.80. The van der Waals surface area contributed by atoms with Gasteiger partial charge in [-0.25, -0.2) is 0 Å². The zero-order valence-electron chi connectivity index (χ0n) is 12.0. The highest BCUT2D eigenvalue weighted by atomic mass is 35.5. The predicted octanol–water partition coefficient (Wildman–Crippen LogP) is 2.68. The van der Waals surface area contributed by atoms with E-state index in [1.807, 2.05) is 45.8 Å². The summed E-state index contributed by atoms with van der Waals surface area (Å²) in [4.78, 5) is 6.28. The lowest BCUT2D eigenvalue weighted by atomic mass is 10.2. The number of rotatable bonds is 4. The van der Waals surface area contributed by atoms with Crippen LogP contribution in [-0.4, -0.2) is 39.5 Å². The second kappa shape index (κ2) is 6.70. The lowest BCUT2D eigenvalue weighted by Crippen LogP contribution is -2.25. The van der Waals surface area contributed by atoms with E-state index in [0.29, 0.717) is 10.7 Å². The number of hydrogen-bond donors (Lipinski definition) is 0. The Labute approximate surface area is 123 Å². The SMILES string of the molecule is CN(C)Cc1cnc(C=N[S+]([O-])C(C)(C)C)c(Cl)c1. The third-order valence-electron chi connectivity index (χ3n) is 2.22. The van der Waals surface area contributed by atoms with E-state index in [0.717, 1.165) is 12.1 Å². The minimum Gasteiger partial charge on any atom is -0.591 e. The van der Waals surface area contributed by atoms with Gasteiger partial charge in [-0.05, 0) is 46.5 Å². The van der Waals surface area contributed by atoms with Crippen LogP contribution in [0.5, 0.6) is 0 Å². The van der Waals surface area contributed by atoms with Crippen molar-refractivity contribution < 1.29 is 4.55 Å². The van der Waals surface area contributed by atoms with Crippen molar-refractivity contribution in [2.75, 3.05) is 14.1 Å². The molecule has 0 aromatic carbocycles. The van der Waals surface area contributed by atoms with Crippen molar-refractivity contribution in [2.45, 2.75) is 32.1 Å². The summed E-state index contributed by atoms with van der Waals surface area (Å²) in [5.41, 5.74) is 1.57. The Balaban J connectivity index is 2.83. The van der Waals surface area contributed by atoms with Gasteiger partial charge in [-0.2, -0.15) is 0 Å². The molecule has 0 fully saturated rings. The molecule has 106 valence electrons. The monoisotopic (exact) mass is 301 g/mol. The second-order valence-electron chi connectivity index (χ2n) is 5.54. The lowest BCUT2D eigenvalue weighted by Gasteiger charge is -2.17. The molecular weight excluding hydrogens is 282 g/mol. The molecule has 0 aliphatic heterocycles. The third kappa shape index (κ3) is 5.48. The van der Waals surface area contributed by atoms with Crippen LogP contribution in [0.15, 0.2) is 16.7 Å². The molecule has 4 nitrogen and oxygen atoms in total. The van der Waals surface area contributed by atoms with Crippen LogP contribution in [0.3, 0.4) is 0 Å². The van der Waals surface area contributed by atoms with E-state index in [4.69, 9.17) is 11.6 Å². The van der Waals surface area contributed by atoms with Crippen molar-refractivity contribution in [3.05, 3.63) is 28.5 Å². The van der Waals surface area contributed by atoms with Gasteiger partial charge >= 0.3 is 0 Å². The second-order valence-corrected chi connectivity index (χ2v) is 7.89. The van der Waals surface area contributed by atoms with Crippen LogP contribution in [0.2, 0.25) is 5.02 Å². The van der Waals surface area contributed by atoms with Gasteiger partial charge in [0, 0.05) is 12.7 Å². The van der Waals surface area contributed by atoms with E-state index in [1.54, 1.807) is 6.20 Å². The highest BCUT2D eigenvalue weighted by Gasteiger charge is 2.25. The Morgan fingerprint density at radius 2 is 2.11 bits per heavy atom. The third-order valence-corrected chi connectivity index (χ3v) is 3.87. The van der Waals surface area contributed by atoms with Gasteiger partial charge in [0.2, 0.25) is 0 Å². The van der Waals surface area contributed by atoms with E-state index in [2.05, 4.69) is 9.38 Å². The Bertz CT molecular complexity index is 458. The summed E-state index contributed by atoms with van der Waals surface area (Å²) in [6.07, 6.45) is 3.23. The Hall–Kier alpha value is -0.620. The molecule has 0 saturated carbocycles. The van der Waals surface area contributed by atoms with Gasteiger partial charge in [-0.15, -0.1) is 0 Å². The zero-order chi connectivity index (χ0) is 14.6. The molecule has 1 atom stereocenters. The van der Waals surface area contributed by atoms with Crippen LogP contribution in [0, 0.1) is 0 Å². The van der Waals surface area contributed by atoms with Crippen molar-refractivity contribution in [1.29, 1.82) is 0 Å². The summed E-state index contributed by atoms with van der Waals surface area (Å²) < 4.78 is 15.4. The molecule has 0 saturated heterocycles. The first-order valence-electron chi connectivity index (χ1n) is 5.95. The molecule has 0 spiro atoms. The summed E-state index contributed by atoms with van der Waals surface area (Å²) in [5.74, 6) is 0. The maximum absolute atomic E-state index is 11.8. The fourth-order valence-corrected chi connectivity index (χ4v) is 2.04. The molecule has 6 heteroatoms. The van der Waals surface area contributed by atoms with Crippen LogP contribution >= 0.6 is 11.6 Å².